The number of amidine groups is 1. The van der Waals surface area contributed by atoms with Gasteiger partial charge in [0.15, 0.2) is 0 Å². The molecule has 1 aromatic carbocycles. The minimum atomic E-state index is 0.453. The number of anilines is 1. The number of ether oxygens (including phenoxy) is 1. The van der Waals surface area contributed by atoms with E-state index in [0.717, 1.165) is 29.2 Å². The summed E-state index contributed by atoms with van der Waals surface area (Å²) in [4.78, 5) is 4.35. The fraction of sp³-hybridized carbons (Fsp3) is 0.294. The molecule has 122 valence electrons. The number of methoxy groups -OCH3 is 1. The van der Waals surface area contributed by atoms with Crippen molar-refractivity contribution in [2.45, 2.75) is 13.3 Å². The summed E-state index contributed by atoms with van der Waals surface area (Å²) < 4.78 is 7.03. The molecule has 0 radical (unpaired) electrons. The molecule has 0 amide bonds. The van der Waals surface area contributed by atoms with Gasteiger partial charge in [-0.1, -0.05) is 24.8 Å². The Morgan fingerprint density at radius 1 is 1.39 bits per heavy atom. The normalized spacial score (nSPS) is 11.2. The quantitative estimate of drug-likeness (QED) is 0.635. The zero-order valence-corrected chi connectivity index (χ0v) is 13.8. The van der Waals surface area contributed by atoms with Crippen LogP contribution in [-0.2, 0) is 11.2 Å². The molecule has 2 N–H and O–H groups in total. The Morgan fingerprint density at radius 2 is 2.13 bits per heavy atom. The highest BCUT2D eigenvalue weighted by Crippen LogP contribution is 2.23. The van der Waals surface area contributed by atoms with Gasteiger partial charge in [-0.05, 0) is 25.3 Å². The van der Waals surface area contributed by atoms with Gasteiger partial charge in [-0.25, -0.2) is 9.67 Å². The zero-order valence-electron chi connectivity index (χ0n) is 13.8. The third-order valence-corrected chi connectivity index (χ3v) is 3.48. The maximum atomic E-state index is 5.11. The second-order valence-electron chi connectivity index (χ2n) is 4.91. The lowest BCUT2D eigenvalue weighted by Gasteiger charge is -2.06. The molecular weight excluding hydrogens is 290 g/mol. The van der Waals surface area contributed by atoms with Crippen molar-refractivity contribution in [3.63, 3.8) is 0 Å². The number of benzene rings is 1. The van der Waals surface area contributed by atoms with Crippen molar-refractivity contribution in [1.82, 2.24) is 15.1 Å². The first-order valence-corrected chi connectivity index (χ1v) is 7.48. The van der Waals surface area contributed by atoms with Gasteiger partial charge in [-0.2, -0.15) is 5.10 Å². The van der Waals surface area contributed by atoms with Crippen LogP contribution in [0, 0.1) is 6.92 Å². The SMILES string of the molecule is C=CNC(=NCCc1nn(-c2ccccc2)c(NC)c1C)OC. The highest BCUT2D eigenvalue weighted by atomic mass is 16.5. The minimum Gasteiger partial charge on any atom is -0.468 e. The standard InChI is InChI=1S/C17H23N5O/c1-5-19-17(23-4)20-12-11-15-13(2)16(18-3)22(21-15)14-9-7-6-8-10-14/h5-10,18H,1,11-12H2,2-4H3,(H,19,20). The Kier molecular flexibility index (Phi) is 5.80. The van der Waals surface area contributed by atoms with Crippen molar-refractivity contribution in [2.75, 3.05) is 26.0 Å². The summed E-state index contributed by atoms with van der Waals surface area (Å²) in [5, 5.41) is 10.8. The van der Waals surface area contributed by atoms with Crippen molar-refractivity contribution in [2.24, 2.45) is 4.99 Å². The molecule has 0 unspecified atom stereocenters. The molecule has 0 bridgehead atoms. The van der Waals surface area contributed by atoms with Gasteiger partial charge in [-0.3, -0.25) is 0 Å². The van der Waals surface area contributed by atoms with Gasteiger partial charge in [0, 0.05) is 19.0 Å². The van der Waals surface area contributed by atoms with E-state index in [9.17, 15) is 0 Å². The van der Waals surface area contributed by atoms with Gasteiger partial charge < -0.3 is 15.4 Å². The monoisotopic (exact) mass is 313 g/mol. The van der Waals surface area contributed by atoms with Gasteiger partial charge in [0.1, 0.15) is 5.82 Å². The van der Waals surface area contributed by atoms with E-state index in [1.54, 1.807) is 7.11 Å². The summed E-state index contributed by atoms with van der Waals surface area (Å²) in [5.41, 5.74) is 3.17. The number of aromatic nitrogens is 2. The molecule has 2 rings (SSSR count). The van der Waals surface area contributed by atoms with E-state index in [-0.39, 0.29) is 0 Å². The Hall–Kier alpha value is -2.76. The van der Waals surface area contributed by atoms with Crippen molar-refractivity contribution >= 4 is 11.8 Å². The number of hydrogen-bond acceptors (Lipinski definition) is 4. The molecule has 6 nitrogen and oxygen atoms in total. The summed E-state index contributed by atoms with van der Waals surface area (Å²) in [7, 11) is 3.48. The summed E-state index contributed by atoms with van der Waals surface area (Å²) in [5.74, 6) is 0.992. The molecule has 0 aliphatic carbocycles. The number of hydrogen-bond donors (Lipinski definition) is 2. The molecule has 0 aliphatic rings. The fourth-order valence-corrected chi connectivity index (χ4v) is 2.35. The van der Waals surface area contributed by atoms with Crippen LogP contribution >= 0.6 is 0 Å². The second kappa shape index (κ2) is 8.03. The molecule has 1 heterocycles. The number of nitrogens with zero attached hydrogens (tertiary/aromatic N) is 3. The predicted octanol–water partition coefficient (Wildman–Crippen LogP) is 2.50. The highest BCUT2D eigenvalue weighted by molar-refractivity contribution is 5.74. The molecule has 0 spiro atoms. The fourth-order valence-electron chi connectivity index (χ4n) is 2.35. The lowest BCUT2D eigenvalue weighted by Crippen LogP contribution is -2.19. The Morgan fingerprint density at radius 3 is 2.74 bits per heavy atom. The van der Waals surface area contributed by atoms with Gasteiger partial charge in [0.05, 0.1) is 25.0 Å². The summed E-state index contributed by atoms with van der Waals surface area (Å²) in [6.07, 6.45) is 2.27. The van der Waals surface area contributed by atoms with E-state index in [2.05, 4.69) is 29.1 Å². The van der Waals surface area contributed by atoms with Crippen LogP contribution < -0.4 is 10.6 Å². The smallest absolute Gasteiger partial charge is 0.288 e. The van der Waals surface area contributed by atoms with E-state index in [0.29, 0.717) is 12.6 Å². The maximum absolute atomic E-state index is 5.11. The summed E-state index contributed by atoms with van der Waals surface area (Å²) in [6.45, 7) is 6.24. The molecule has 0 aliphatic heterocycles. The molecule has 0 saturated heterocycles. The molecule has 0 saturated carbocycles. The molecule has 23 heavy (non-hydrogen) atoms. The molecule has 6 heteroatoms. The van der Waals surface area contributed by atoms with Crippen LogP contribution in [0.2, 0.25) is 0 Å². The van der Waals surface area contributed by atoms with E-state index in [4.69, 9.17) is 9.84 Å². The van der Waals surface area contributed by atoms with Gasteiger partial charge >= 0.3 is 0 Å². The van der Waals surface area contributed by atoms with Gasteiger partial charge in [0.2, 0.25) is 0 Å². The van der Waals surface area contributed by atoms with E-state index in [1.165, 1.54) is 6.20 Å². The van der Waals surface area contributed by atoms with Crippen molar-refractivity contribution < 1.29 is 4.74 Å². The van der Waals surface area contributed by atoms with E-state index in [1.807, 2.05) is 42.1 Å². The van der Waals surface area contributed by atoms with Crippen molar-refractivity contribution in [3.05, 3.63) is 54.4 Å². The minimum absolute atomic E-state index is 0.453. The van der Waals surface area contributed by atoms with Gasteiger partial charge in [0.25, 0.3) is 6.02 Å². The molecule has 2 aromatic rings. The number of nitrogens with one attached hydrogen (secondary N) is 2. The van der Waals surface area contributed by atoms with Crippen LogP contribution in [0.4, 0.5) is 5.82 Å². The van der Waals surface area contributed by atoms with E-state index >= 15 is 0 Å². The third-order valence-electron chi connectivity index (χ3n) is 3.48. The number of para-hydroxylation sites is 1. The van der Waals surface area contributed by atoms with Crippen molar-refractivity contribution in [1.29, 1.82) is 0 Å². The van der Waals surface area contributed by atoms with Gasteiger partial charge in [-0.15, -0.1) is 0 Å². The lowest BCUT2D eigenvalue weighted by atomic mass is 10.2. The summed E-state index contributed by atoms with van der Waals surface area (Å²) >= 11 is 0. The number of aliphatic imine (C=N–C) groups is 1. The van der Waals surface area contributed by atoms with Crippen LogP contribution in [-0.4, -0.2) is 36.5 Å². The highest BCUT2D eigenvalue weighted by Gasteiger charge is 2.14. The lowest BCUT2D eigenvalue weighted by molar-refractivity contribution is 0.385. The maximum Gasteiger partial charge on any atom is 0.288 e. The third kappa shape index (κ3) is 3.91. The zero-order chi connectivity index (χ0) is 16.7. The first-order chi connectivity index (χ1) is 11.2. The average molecular weight is 313 g/mol. The Bertz CT molecular complexity index is 676. The van der Waals surface area contributed by atoms with Crippen LogP contribution in [0.25, 0.3) is 5.69 Å². The molecular formula is C17H23N5O. The van der Waals surface area contributed by atoms with Crippen LogP contribution in [0.15, 0.2) is 48.1 Å². The second-order valence-corrected chi connectivity index (χ2v) is 4.91. The number of rotatable bonds is 6. The van der Waals surface area contributed by atoms with Crippen LogP contribution in [0.1, 0.15) is 11.3 Å². The Labute approximate surface area is 136 Å². The first-order valence-electron chi connectivity index (χ1n) is 7.48. The molecule has 0 atom stereocenters. The Balaban J connectivity index is 2.20. The molecule has 1 aromatic heterocycles. The predicted molar refractivity (Wildman–Crippen MR) is 94.2 cm³/mol. The van der Waals surface area contributed by atoms with Crippen LogP contribution in [0.5, 0.6) is 0 Å². The molecule has 0 fully saturated rings. The average Bonchev–Trinajstić information content (AvgIpc) is 2.91. The van der Waals surface area contributed by atoms with E-state index < -0.39 is 0 Å². The first kappa shape index (κ1) is 16.6. The van der Waals surface area contributed by atoms with Crippen molar-refractivity contribution in [3.8, 4) is 5.69 Å². The largest absolute Gasteiger partial charge is 0.468 e. The summed E-state index contributed by atoms with van der Waals surface area (Å²) in [6, 6.07) is 10.5. The van der Waals surface area contributed by atoms with Crippen LogP contribution in [0.3, 0.4) is 0 Å². The topological polar surface area (TPSA) is 63.5 Å².